The summed E-state index contributed by atoms with van der Waals surface area (Å²) in [6.45, 7) is 3.08. The molecule has 3 aromatic carbocycles. The van der Waals surface area contributed by atoms with E-state index in [1.807, 2.05) is 67.6 Å². The zero-order valence-electron chi connectivity index (χ0n) is 20.5. The number of piperidine rings is 1. The maximum Gasteiger partial charge on any atom is 0.254 e. The molecule has 35 heavy (non-hydrogen) atoms. The maximum atomic E-state index is 13.4. The van der Waals surface area contributed by atoms with Crippen LogP contribution in [0.3, 0.4) is 0 Å². The van der Waals surface area contributed by atoms with E-state index in [0.717, 1.165) is 11.1 Å². The molecule has 0 spiro atoms. The Balaban J connectivity index is 1.45. The van der Waals surface area contributed by atoms with Crippen molar-refractivity contribution in [1.82, 2.24) is 10.2 Å². The summed E-state index contributed by atoms with van der Waals surface area (Å²) >= 11 is 0. The number of nitrogens with one attached hydrogen (secondary N) is 1. The molecule has 3 aromatic rings. The molecule has 1 saturated heterocycles. The number of ether oxygens (including phenoxy) is 2. The second kappa shape index (κ2) is 10.6. The first-order valence-corrected chi connectivity index (χ1v) is 11.9. The predicted molar refractivity (Wildman–Crippen MR) is 136 cm³/mol. The van der Waals surface area contributed by atoms with E-state index in [4.69, 9.17) is 9.47 Å². The highest BCUT2D eigenvalue weighted by atomic mass is 16.5. The molecular formula is C29H32N2O4. The average molecular weight is 473 g/mol. The predicted octanol–water partition coefficient (Wildman–Crippen LogP) is 4.64. The van der Waals surface area contributed by atoms with Gasteiger partial charge in [-0.05, 0) is 43.0 Å². The second-order valence-electron chi connectivity index (χ2n) is 9.01. The van der Waals surface area contributed by atoms with E-state index in [0.29, 0.717) is 43.0 Å². The topological polar surface area (TPSA) is 67.9 Å². The molecule has 6 nitrogen and oxygen atoms in total. The third-order valence-corrected chi connectivity index (χ3v) is 6.83. The SMILES string of the molecule is COc1cc(OC)cc(C(=O)N2CCC(C(=O)NC(C)(c3ccccc3)c3ccccc3)CC2)c1. The summed E-state index contributed by atoms with van der Waals surface area (Å²) in [5.74, 6) is 0.909. The van der Waals surface area contributed by atoms with Gasteiger partial charge in [-0.15, -0.1) is 0 Å². The highest BCUT2D eigenvalue weighted by Gasteiger charge is 2.35. The van der Waals surface area contributed by atoms with Crippen LogP contribution in [0.15, 0.2) is 78.9 Å². The van der Waals surface area contributed by atoms with Crippen LogP contribution >= 0.6 is 0 Å². The monoisotopic (exact) mass is 472 g/mol. The van der Waals surface area contributed by atoms with Gasteiger partial charge in [0.2, 0.25) is 5.91 Å². The summed E-state index contributed by atoms with van der Waals surface area (Å²) < 4.78 is 10.6. The molecule has 182 valence electrons. The fraction of sp³-hybridized carbons (Fsp3) is 0.310. The van der Waals surface area contributed by atoms with Crippen LogP contribution in [0.1, 0.15) is 41.3 Å². The molecule has 1 heterocycles. The molecule has 0 aromatic heterocycles. The number of likely N-dealkylation sites (tertiary alicyclic amines) is 1. The molecule has 0 saturated carbocycles. The molecule has 1 fully saturated rings. The minimum Gasteiger partial charge on any atom is -0.497 e. The van der Waals surface area contributed by atoms with Crippen molar-refractivity contribution >= 4 is 11.8 Å². The van der Waals surface area contributed by atoms with Gasteiger partial charge in [-0.2, -0.15) is 0 Å². The van der Waals surface area contributed by atoms with Gasteiger partial charge in [0.25, 0.3) is 5.91 Å². The number of methoxy groups -OCH3 is 2. The Labute approximate surface area is 206 Å². The zero-order chi connectivity index (χ0) is 24.8. The molecule has 1 aliphatic rings. The van der Waals surface area contributed by atoms with Crippen LogP contribution in [-0.4, -0.2) is 44.0 Å². The Bertz CT molecular complexity index is 1090. The van der Waals surface area contributed by atoms with Crippen LogP contribution in [0.25, 0.3) is 0 Å². The summed E-state index contributed by atoms with van der Waals surface area (Å²) in [7, 11) is 3.12. The Morgan fingerprint density at radius 2 is 1.31 bits per heavy atom. The van der Waals surface area contributed by atoms with Crippen molar-refractivity contribution < 1.29 is 19.1 Å². The first kappa shape index (κ1) is 24.3. The molecule has 6 heteroatoms. The van der Waals surface area contributed by atoms with Gasteiger partial charge < -0.3 is 19.7 Å². The van der Waals surface area contributed by atoms with Gasteiger partial charge in [-0.25, -0.2) is 0 Å². The third-order valence-electron chi connectivity index (χ3n) is 6.83. The molecular weight excluding hydrogens is 440 g/mol. The van der Waals surface area contributed by atoms with Gasteiger partial charge in [0.15, 0.2) is 0 Å². The van der Waals surface area contributed by atoms with Crippen LogP contribution in [0.5, 0.6) is 11.5 Å². The quantitative estimate of drug-likeness (QED) is 0.544. The van der Waals surface area contributed by atoms with Crippen molar-refractivity contribution in [2.75, 3.05) is 27.3 Å². The van der Waals surface area contributed by atoms with Crippen molar-refractivity contribution in [3.8, 4) is 11.5 Å². The van der Waals surface area contributed by atoms with Crippen molar-refractivity contribution in [3.05, 3.63) is 95.6 Å². The molecule has 0 radical (unpaired) electrons. The highest BCUT2D eigenvalue weighted by Crippen LogP contribution is 2.31. The van der Waals surface area contributed by atoms with E-state index in [2.05, 4.69) is 5.32 Å². The van der Waals surface area contributed by atoms with Crippen LogP contribution < -0.4 is 14.8 Å². The summed E-state index contributed by atoms with van der Waals surface area (Å²) in [5.41, 5.74) is 1.92. The van der Waals surface area contributed by atoms with Gasteiger partial charge in [-0.3, -0.25) is 9.59 Å². The fourth-order valence-corrected chi connectivity index (χ4v) is 4.66. The molecule has 0 unspecified atom stereocenters. The lowest BCUT2D eigenvalue weighted by atomic mass is 9.83. The minimum absolute atomic E-state index is 0.00959. The number of hydrogen-bond acceptors (Lipinski definition) is 4. The first-order valence-electron chi connectivity index (χ1n) is 11.9. The van der Waals surface area contributed by atoms with E-state index in [-0.39, 0.29) is 17.7 Å². The standard InChI is InChI=1S/C29H32N2O4/c1-29(23-10-6-4-7-11-23,24-12-8-5-9-13-24)30-27(32)21-14-16-31(17-15-21)28(33)22-18-25(34-2)20-26(19-22)35-3/h4-13,18-21H,14-17H2,1-3H3,(H,30,32). The molecule has 0 bridgehead atoms. The van der Waals surface area contributed by atoms with E-state index < -0.39 is 5.54 Å². The van der Waals surface area contributed by atoms with Gasteiger partial charge in [-0.1, -0.05) is 60.7 Å². The number of amides is 2. The summed E-state index contributed by atoms with van der Waals surface area (Å²) in [6.07, 6.45) is 1.22. The van der Waals surface area contributed by atoms with Gasteiger partial charge in [0.1, 0.15) is 11.5 Å². The number of carbonyl (C=O) groups is 2. The Kier molecular flexibility index (Phi) is 7.39. The number of nitrogens with zero attached hydrogens (tertiary/aromatic N) is 1. The van der Waals surface area contributed by atoms with Crippen molar-refractivity contribution in [1.29, 1.82) is 0 Å². The van der Waals surface area contributed by atoms with E-state index in [1.165, 1.54) is 0 Å². The van der Waals surface area contributed by atoms with Crippen LogP contribution in [0.2, 0.25) is 0 Å². The van der Waals surface area contributed by atoms with Crippen molar-refractivity contribution in [2.24, 2.45) is 5.92 Å². The first-order chi connectivity index (χ1) is 16.9. The molecule has 1 aliphatic heterocycles. The van der Waals surface area contributed by atoms with Crippen molar-refractivity contribution in [2.45, 2.75) is 25.3 Å². The van der Waals surface area contributed by atoms with Crippen LogP contribution in [0, 0.1) is 5.92 Å². The lowest BCUT2D eigenvalue weighted by molar-refractivity contribution is -0.127. The van der Waals surface area contributed by atoms with Crippen LogP contribution in [0.4, 0.5) is 0 Å². The Hall–Kier alpha value is -3.80. The van der Waals surface area contributed by atoms with E-state index in [9.17, 15) is 9.59 Å². The van der Waals surface area contributed by atoms with Gasteiger partial charge >= 0.3 is 0 Å². The normalized spacial score (nSPS) is 14.3. The Morgan fingerprint density at radius 3 is 1.77 bits per heavy atom. The summed E-state index contributed by atoms with van der Waals surface area (Å²) in [5, 5.41) is 3.33. The average Bonchev–Trinajstić information content (AvgIpc) is 2.93. The van der Waals surface area contributed by atoms with Crippen LogP contribution in [-0.2, 0) is 10.3 Å². The van der Waals surface area contributed by atoms with Gasteiger partial charge in [0.05, 0.1) is 19.8 Å². The lowest BCUT2D eigenvalue weighted by Gasteiger charge is -2.36. The third kappa shape index (κ3) is 5.32. The molecule has 4 rings (SSSR count). The highest BCUT2D eigenvalue weighted by molar-refractivity contribution is 5.95. The molecule has 2 amide bonds. The minimum atomic E-state index is -0.649. The lowest BCUT2D eigenvalue weighted by Crippen LogP contribution is -2.49. The van der Waals surface area contributed by atoms with Gasteiger partial charge in [0, 0.05) is 30.6 Å². The largest absolute Gasteiger partial charge is 0.497 e. The maximum absolute atomic E-state index is 13.4. The van der Waals surface area contributed by atoms with E-state index >= 15 is 0 Å². The van der Waals surface area contributed by atoms with Crippen molar-refractivity contribution in [3.63, 3.8) is 0 Å². The number of rotatable bonds is 7. The number of hydrogen-bond donors (Lipinski definition) is 1. The number of carbonyl (C=O) groups excluding carboxylic acids is 2. The summed E-state index contributed by atoms with van der Waals surface area (Å²) in [6, 6.07) is 25.2. The molecule has 1 N–H and O–H groups in total. The zero-order valence-corrected chi connectivity index (χ0v) is 20.5. The molecule has 0 aliphatic carbocycles. The smallest absolute Gasteiger partial charge is 0.254 e. The fourth-order valence-electron chi connectivity index (χ4n) is 4.66. The second-order valence-corrected chi connectivity index (χ2v) is 9.01. The number of benzene rings is 3. The summed E-state index contributed by atoms with van der Waals surface area (Å²) in [4.78, 5) is 28.3. The molecule has 0 atom stereocenters. The Morgan fingerprint density at radius 1 is 0.829 bits per heavy atom. The van der Waals surface area contributed by atoms with E-state index in [1.54, 1.807) is 37.3 Å².